The highest BCUT2D eigenvalue weighted by Gasteiger charge is 2.19. The molecule has 0 radical (unpaired) electrons. The number of carbonyl (C=O) groups is 1. The number of amides is 1. The van der Waals surface area contributed by atoms with Crippen LogP contribution in [0.2, 0.25) is 0 Å². The van der Waals surface area contributed by atoms with Gasteiger partial charge in [-0.05, 0) is 39.7 Å². The van der Waals surface area contributed by atoms with Crippen LogP contribution >= 0.6 is 0 Å². The molecule has 7 heteroatoms. The molecule has 1 atom stereocenters. The van der Waals surface area contributed by atoms with E-state index in [1.165, 1.54) is 0 Å². The summed E-state index contributed by atoms with van der Waals surface area (Å²) in [7, 11) is 0. The molecule has 0 bridgehead atoms. The van der Waals surface area contributed by atoms with Crippen LogP contribution in [-0.4, -0.2) is 38.9 Å². The second-order valence-electron chi connectivity index (χ2n) is 6.03. The fraction of sp³-hybridized carbons (Fsp3) is 0.615. The summed E-state index contributed by atoms with van der Waals surface area (Å²) in [5.74, 6) is 0.158. The van der Waals surface area contributed by atoms with Crippen molar-refractivity contribution >= 4 is 12.0 Å². The third kappa shape index (κ3) is 5.94. The van der Waals surface area contributed by atoms with E-state index in [0.29, 0.717) is 6.42 Å². The lowest BCUT2D eigenvalue weighted by Crippen LogP contribution is -2.42. The molecule has 0 spiro atoms. The van der Waals surface area contributed by atoms with Crippen LogP contribution in [0.1, 0.15) is 33.3 Å². The van der Waals surface area contributed by atoms with Gasteiger partial charge >= 0.3 is 6.09 Å². The Balaban J connectivity index is 2.61. The van der Waals surface area contributed by atoms with Gasteiger partial charge in [0.05, 0.1) is 6.61 Å². The topological polar surface area (TPSA) is 110 Å². The van der Waals surface area contributed by atoms with Crippen LogP contribution in [0.5, 0.6) is 0 Å². The second-order valence-corrected chi connectivity index (χ2v) is 6.03. The summed E-state index contributed by atoms with van der Waals surface area (Å²) in [6.45, 7) is 6.92. The van der Waals surface area contributed by atoms with Crippen molar-refractivity contribution in [2.24, 2.45) is 5.73 Å². The third-order valence-corrected chi connectivity index (χ3v) is 2.29. The van der Waals surface area contributed by atoms with Gasteiger partial charge in [-0.1, -0.05) is 0 Å². The van der Waals surface area contributed by atoms with E-state index in [4.69, 9.17) is 15.6 Å². The quantitative estimate of drug-likeness (QED) is 0.762. The Hall–Kier alpha value is -1.73. The monoisotopic (exact) mass is 282 g/mol. The molecule has 1 unspecified atom stereocenters. The van der Waals surface area contributed by atoms with Crippen LogP contribution in [0.3, 0.4) is 0 Å². The van der Waals surface area contributed by atoms with E-state index in [-0.39, 0.29) is 12.6 Å². The molecule has 0 aliphatic carbocycles. The van der Waals surface area contributed by atoms with Crippen LogP contribution < -0.4 is 11.1 Å². The predicted molar refractivity (Wildman–Crippen MR) is 75.3 cm³/mol. The number of nitrogens with one attached hydrogen (secondary N) is 1. The van der Waals surface area contributed by atoms with Gasteiger partial charge in [0, 0.05) is 17.9 Å². The van der Waals surface area contributed by atoms with Crippen molar-refractivity contribution in [3.05, 3.63) is 18.0 Å². The third-order valence-electron chi connectivity index (χ3n) is 2.29. The lowest BCUT2D eigenvalue weighted by Gasteiger charge is -2.21. The van der Waals surface area contributed by atoms with Crippen LogP contribution in [0.4, 0.5) is 10.7 Å². The molecule has 112 valence electrons. The zero-order chi connectivity index (χ0) is 15.4. The van der Waals surface area contributed by atoms with E-state index in [1.807, 2.05) is 0 Å². The summed E-state index contributed by atoms with van der Waals surface area (Å²) in [5, 5.41) is 11.5. The van der Waals surface area contributed by atoms with Crippen molar-refractivity contribution in [1.29, 1.82) is 0 Å². The molecule has 0 aliphatic rings. The molecular weight excluding hydrogens is 260 g/mol. The van der Waals surface area contributed by atoms with Gasteiger partial charge in [-0.15, -0.1) is 0 Å². The Morgan fingerprint density at radius 3 is 2.35 bits per heavy atom. The number of ether oxygens (including phenoxy) is 1. The lowest BCUT2D eigenvalue weighted by atomic mass is 9.97. The number of nitrogens with two attached hydrogens (primary N) is 1. The molecule has 1 aromatic rings. The van der Waals surface area contributed by atoms with E-state index in [1.54, 1.807) is 40.1 Å². The summed E-state index contributed by atoms with van der Waals surface area (Å²) in [4.78, 5) is 19.5. The number of rotatable bonds is 4. The van der Waals surface area contributed by atoms with Gasteiger partial charge in [0.2, 0.25) is 5.95 Å². The maximum Gasteiger partial charge on any atom is 0.414 e. The molecule has 0 saturated carbocycles. The Bertz CT molecular complexity index is 452. The first kappa shape index (κ1) is 16.3. The van der Waals surface area contributed by atoms with Crippen LogP contribution in [-0.2, 0) is 11.2 Å². The molecule has 1 amide bonds. The Morgan fingerprint density at radius 2 is 1.90 bits per heavy atom. The number of hydrogen-bond acceptors (Lipinski definition) is 6. The number of anilines is 1. The molecule has 1 heterocycles. The molecular formula is C13H22N4O3. The minimum Gasteiger partial charge on any atom is -0.444 e. The van der Waals surface area contributed by atoms with Crippen LogP contribution in [0, 0.1) is 0 Å². The van der Waals surface area contributed by atoms with Crippen molar-refractivity contribution in [1.82, 2.24) is 9.97 Å². The number of aliphatic hydroxyl groups is 1. The van der Waals surface area contributed by atoms with Gasteiger partial charge in [0.25, 0.3) is 0 Å². The normalized spacial score (nSPS) is 14.5. The molecule has 0 aliphatic heterocycles. The van der Waals surface area contributed by atoms with E-state index in [0.717, 1.165) is 5.56 Å². The Labute approximate surface area is 118 Å². The largest absolute Gasteiger partial charge is 0.444 e. The van der Waals surface area contributed by atoms with Gasteiger partial charge in [0.15, 0.2) is 0 Å². The summed E-state index contributed by atoms with van der Waals surface area (Å²) in [6, 6.07) is 0. The minimum absolute atomic E-state index is 0.134. The van der Waals surface area contributed by atoms with E-state index in [9.17, 15) is 4.79 Å². The lowest BCUT2D eigenvalue weighted by molar-refractivity contribution is 0.0634. The first-order valence-corrected chi connectivity index (χ1v) is 6.32. The maximum absolute atomic E-state index is 11.5. The zero-order valence-electron chi connectivity index (χ0n) is 12.3. The number of carbonyl (C=O) groups excluding carboxylic acids is 1. The fourth-order valence-electron chi connectivity index (χ4n) is 1.43. The number of aromatic nitrogens is 2. The van der Waals surface area contributed by atoms with Crippen molar-refractivity contribution in [3.63, 3.8) is 0 Å². The highest BCUT2D eigenvalue weighted by atomic mass is 16.6. The fourth-order valence-corrected chi connectivity index (χ4v) is 1.43. The van der Waals surface area contributed by atoms with E-state index >= 15 is 0 Å². The second kappa shape index (κ2) is 6.15. The van der Waals surface area contributed by atoms with Crippen molar-refractivity contribution in [3.8, 4) is 0 Å². The van der Waals surface area contributed by atoms with E-state index < -0.39 is 17.2 Å². The average molecular weight is 282 g/mol. The van der Waals surface area contributed by atoms with E-state index in [2.05, 4.69) is 15.3 Å². The summed E-state index contributed by atoms with van der Waals surface area (Å²) in [6.07, 6.45) is 2.95. The number of hydrogen-bond donors (Lipinski definition) is 3. The highest BCUT2D eigenvalue weighted by Crippen LogP contribution is 2.11. The molecule has 4 N–H and O–H groups in total. The zero-order valence-corrected chi connectivity index (χ0v) is 12.3. The summed E-state index contributed by atoms with van der Waals surface area (Å²) >= 11 is 0. The SMILES string of the molecule is CC(N)(CO)Cc1cnc(NC(=O)OC(C)(C)C)nc1. The molecule has 1 aromatic heterocycles. The molecule has 0 saturated heterocycles. The first-order valence-electron chi connectivity index (χ1n) is 6.32. The molecule has 0 aromatic carbocycles. The number of nitrogens with zero attached hydrogens (tertiary/aromatic N) is 2. The Kier molecular flexibility index (Phi) is 5.02. The smallest absolute Gasteiger partial charge is 0.414 e. The van der Waals surface area contributed by atoms with Crippen LogP contribution in [0.25, 0.3) is 0 Å². The van der Waals surface area contributed by atoms with Gasteiger partial charge in [-0.25, -0.2) is 14.8 Å². The standard InChI is InChI=1S/C13H22N4O3/c1-12(2,3)20-11(19)17-10-15-6-9(7-16-10)5-13(4,14)8-18/h6-7,18H,5,8,14H2,1-4H3,(H,15,16,17,19). The molecule has 0 fully saturated rings. The number of aliphatic hydroxyl groups excluding tert-OH is 1. The van der Waals surface area contributed by atoms with Gasteiger partial charge in [-0.3, -0.25) is 5.32 Å². The first-order chi connectivity index (χ1) is 9.11. The maximum atomic E-state index is 11.5. The van der Waals surface area contributed by atoms with Crippen LogP contribution in [0.15, 0.2) is 12.4 Å². The average Bonchev–Trinajstić information content (AvgIpc) is 2.29. The molecule has 20 heavy (non-hydrogen) atoms. The summed E-state index contributed by atoms with van der Waals surface area (Å²) in [5.41, 5.74) is 5.32. The van der Waals surface area contributed by atoms with Crippen molar-refractivity contribution in [2.75, 3.05) is 11.9 Å². The highest BCUT2D eigenvalue weighted by molar-refractivity contribution is 5.82. The molecule has 7 nitrogen and oxygen atoms in total. The van der Waals surface area contributed by atoms with Gasteiger partial charge < -0.3 is 15.6 Å². The van der Waals surface area contributed by atoms with Crippen molar-refractivity contribution in [2.45, 2.75) is 45.3 Å². The molecule has 1 rings (SSSR count). The van der Waals surface area contributed by atoms with Gasteiger partial charge in [-0.2, -0.15) is 0 Å². The Morgan fingerprint density at radius 1 is 1.35 bits per heavy atom. The van der Waals surface area contributed by atoms with Gasteiger partial charge in [0.1, 0.15) is 5.60 Å². The predicted octanol–water partition coefficient (Wildman–Crippen LogP) is 1.08. The minimum atomic E-state index is -0.719. The van der Waals surface area contributed by atoms with Crippen molar-refractivity contribution < 1.29 is 14.6 Å². The summed E-state index contributed by atoms with van der Waals surface area (Å²) < 4.78 is 5.09.